The number of nitrogens with one attached hydrogen (secondary N) is 1. The smallest absolute Gasteiger partial charge is 0.328 e. The average Bonchev–Trinajstić information content (AvgIpc) is 2.68. The van der Waals surface area contributed by atoms with E-state index in [1.54, 1.807) is 36.2 Å². The highest BCUT2D eigenvalue weighted by atomic mass is 16.2. The van der Waals surface area contributed by atoms with Gasteiger partial charge in [0.25, 0.3) is 5.56 Å². The molecular formula is C22H25N3O3. The van der Waals surface area contributed by atoms with Crippen molar-refractivity contribution in [1.29, 1.82) is 0 Å². The Morgan fingerprint density at radius 1 is 1.07 bits per heavy atom. The number of aryl methyl sites for hydroxylation is 1. The van der Waals surface area contributed by atoms with Crippen LogP contribution in [-0.2, 0) is 17.9 Å². The summed E-state index contributed by atoms with van der Waals surface area (Å²) >= 11 is 0. The van der Waals surface area contributed by atoms with Crippen LogP contribution in [0, 0.1) is 0 Å². The van der Waals surface area contributed by atoms with Crippen molar-refractivity contribution in [3.8, 4) is 0 Å². The lowest BCUT2D eigenvalue weighted by Crippen LogP contribution is -2.33. The van der Waals surface area contributed by atoms with Crippen LogP contribution in [0.5, 0.6) is 0 Å². The average molecular weight is 379 g/mol. The lowest BCUT2D eigenvalue weighted by Gasteiger charge is -2.18. The van der Waals surface area contributed by atoms with Crippen molar-refractivity contribution in [3.63, 3.8) is 0 Å². The largest absolute Gasteiger partial charge is 0.341 e. The number of H-pyrrole nitrogens is 1. The van der Waals surface area contributed by atoms with Crippen molar-refractivity contribution >= 4 is 16.8 Å². The Hall–Kier alpha value is -3.15. The summed E-state index contributed by atoms with van der Waals surface area (Å²) in [4.78, 5) is 40.6. The van der Waals surface area contributed by atoms with Gasteiger partial charge in [-0.25, -0.2) is 4.79 Å². The van der Waals surface area contributed by atoms with Gasteiger partial charge in [0, 0.05) is 26.6 Å². The molecule has 28 heavy (non-hydrogen) atoms. The number of amides is 1. The number of carbonyl (C=O) groups is 1. The molecule has 0 spiro atoms. The summed E-state index contributed by atoms with van der Waals surface area (Å²) in [6, 6.07) is 15.2. The molecule has 0 unspecified atom stereocenters. The van der Waals surface area contributed by atoms with Gasteiger partial charge >= 0.3 is 5.69 Å². The third-order valence-corrected chi connectivity index (χ3v) is 4.95. The molecule has 0 radical (unpaired) electrons. The van der Waals surface area contributed by atoms with Gasteiger partial charge in [-0.05, 0) is 29.2 Å². The van der Waals surface area contributed by atoms with Crippen LogP contribution >= 0.6 is 0 Å². The molecule has 0 saturated carbocycles. The summed E-state index contributed by atoms with van der Waals surface area (Å²) in [5.41, 5.74) is 1.96. The zero-order valence-corrected chi connectivity index (χ0v) is 16.4. The van der Waals surface area contributed by atoms with E-state index in [0.29, 0.717) is 23.4 Å². The first-order valence-corrected chi connectivity index (χ1v) is 9.41. The summed E-state index contributed by atoms with van der Waals surface area (Å²) in [5.74, 6) is 0.411. The van der Waals surface area contributed by atoms with Crippen LogP contribution in [0.25, 0.3) is 10.9 Å². The van der Waals surface area contributed by atoms with Gasteiger partial charge in [-0.2, -0.15) is 0 Å². The van der Waals surface area contributed by atoms with E-state index < -0.39 is 11.2 Å². The molecule has 3 rings (SSSR count). The van der Waals surface area contributed by atoms with Gasteiger partial charge in [0.1, 0.15) is 0 Å². The lowest BCUT2D eigenvalue weighted by molar-refractivity contribution is -0.130. The second kappa shape index (κ2) is 8.25. The predicted octanol–water partition coefficient (Wildman–Crippen LogP) is 2.86. The second-order valence-corrected chi connectivity index (χ2v) is 7.32. The van der Waals surface area contributed by atoms with Gasteiger partial charge in [-0.3, -0.25) is 19.1 Å². The normalized spacial score (nSPS) is 11.1. The molecule has 6 heteroatoms. The Bertz CT molecular complexity index is 1090. The number of aromatic amines is 1. The molecular weight excluding hydrogens is 354 g/mol. The molecule has 0 bridgehead atoms. The number of hydrogen-bond acceptors (Lipinski definition) is 3. The van der Waals surface area contributed by atoms with Crippen molar-refractivity contribution in [2.75, 3.05) is 7.05 Å². The Kier molecular flexibility index (Phi) is 5.78. The first kappa shape index (κ1) is 19.6. The van der Waals surface area contributed by atoms with Crippen molar-refractivity contribution in [1.82, 2.24) is 14.5 Å². The molecule has 146 valence electrons. The quantitative estimate of drug-likeness (QED) is 0.716. The summed E-state index contributed by atoms with van der Waals surface area (Å²) in [5, 5.41) is 0.438. The highest BCUT2D eigenvalue weighted by Crippen LogP contribution is 2.15. The van der Waals surface area contributed by atoms with Crippen molar-refractivity contribution in [2.45, 2.75) is 39.3 Å². The maximum Gasteiger partial charge on any atom is 0.328 e. The van der Waals surface area contributed by atoms with E-state index in [2.05, 4.69) is 31.0 Å². The molecule has 0 saturated heterocycles. The van der Waals surface area contributed by atoms with E-state index in [9.17, 15) is 14.4 Å². The fourth-order valence-electron chi connectivity index (χ4n) is 3.23. The fraction of sp³-hybridized carbons (Fsp3) is 0.318. The van der Waals surface area contributed by atoms with E-state index in [1.807, 2.05) is 12.1 Å². The third-order valence-electron chi connectivity index (χ3n) is 4.95. The van der Waals surface area contributed by atoms with E-state index in [1.165, 1.54) is 10.1 Å². The first-order valence-electron chi connectivity index (χ1n) is 9.41. The first-order chi connectivity index (χ1) is 13.4. The molecule has 1 N–H and O–H groups in total. The fourth-order valence-corrected chi connectivity index (χ4v) is 3.23. The molecule has 1 heterocycles. The minimum atomic E-state index is -0.497. The Balaban J connectivity index is 1.69. The van der Waals surface area contributed by atoms with Crippen LogP contribution in [0.15, 0.2) is 58.1 Å². The minimum absolute atomic E-state index is 0.0601. The highest BCUT2D eigenvalue weighted by Gasteiger charge is 2.12. The topological polar surface area (TPSA) is 75.2 Å². The van der Waals surface area contributed by atoms with Crippen LogP contribution in [0.4, 0.5) is 0 Å². The Labute approximate surface area is 163 Å². The molecule has 0 atom stereocenters. The molecule has 1 aromatic heterocycles. The molecule has 0 fully saturated rings. The van der Waals surface area contributed by atoms with Crippen molar-refractivity contribution in [2.24, 2.45) is 0 Å². The number of rotatable bonds is 6. The molecule has 0 aliphatic rings. The van der Waals surface area contributed by atoms with Gasteiger partial charge < -0.3 is 4.90 Å². The number of aromatic nitrogens is 2. The van der Waals surface area contributed by atoms with Gasteiger partial charge in [0.15, 0.2) is 0 Å². The maximum atomic E-state index is 12.5. The second-order valence-electron chi connectivity index (χ2n) is 7.32. The zero-order chi connectivity index (χ0) is 20.3. The van der Waals surface area contributed by atoms with Crippen LogP contribution in [-0.4, -0.2) is 27.4 Å². The van der Waals surface area contributed by atoms with Crippen LogP contribution in [0.2, 0.25) is 0 Å². The van der Waals surface area contributed by atoms with Gasteiger partial charge in [-0.15, -0.1) is 0 Å². The van der Waals surface area contributed by atoms with Crippen molar-refractivity contribution < 1.29 is 4.79 Å². The zero-order valence-electron chi connectivity index (χ0n) is 16.4. The van der Waals surface area contributed by atoms with E-state index >= 15 is 0 Å². The molecule has 0 aliphatic carbocycles. The van der Waals surface area contributed by atoms with E-state index in [4.69, 9.17) is 0 Å². The number of para-hydroxylation sites is 1. The Morgan fingerprint density at radius 3 is 2.43 bits per heavy atom. The number of benzene rings is 2. The van der Waals surface area contributed by atoms with Crippen LogP contribution in [0.1, 0.15) is 37.3 Å². The molecule has 0 aliphatic heterocycles. The third kappa shape index (κ3) is 4.22. The molecule has 2 aromatic carbocycles. The summed E-state index contributed by atoms with van der Waals surface area (Å²) in [7, 11) is 1.76. The summed E-state index contributed by atoms with van der Waals surface area (Å²) < 4.78 is 1.44. The number of fused-ring (bicyclic) bond motifs is 1. The SMILES string of the molecule is CC(C)c1ccc(CN(C)C(=O)CCn2c(=O)[nH]c(=O)c3ccccc32)cc1. The molecule has 1 amide bonds. The maximum absolute atomic E-state index is 12.5. The standard InChI is InChI=1S/C22H25N3O3/c1-15(2)17-10-8-16(9-11-17)14-24(3)20(26)12-13-25-19-7-5-4-6-18(19)21(27)23-22(25)28/h4-11,15H,12-14H2,1-3H3,(H,23,27,28). The van der Waals surface area contributed by atoms with Crippen LogP contribution < -0.4 is 11.2 Å². The predicted molar refractivity (Wildman–Crippen MR) is 110 cm³/mol. The summed E-state index contributed by atoms with van der Waals surface area (Å²) in [6.07, 6.45) is 0.177. The number of hydrogen-bond donors (Lipinski definition) is 1. The van der Waals surface area contributed by atoms with E-state index in [-0.39, 0.29) is 18.9 Å². The highest BCUT2D eigenvalue weighted by molar-refractivity contribution is 5.78. The van der Waals surface area contributed by atoms with E-state index in [0.717, 1.165) is 5.56 Å². The summed E-state index contributed by atoms with van der Waals surface area (Å²) in [6.45, 7) is 5.02. The van der Waals surface area contributed by atoms with Gasteiger partial charge in [0.2, 0.25) is 5.91 Å². The number of carbonyl (C=O) groups excluding carboxylic acids is 1. The molecule has 6 nitrogen and oxygen atoms in total. The minimum Gasteiger partial charge on any atom is -0.341 e. The van der Waals surface area contributed by atoms with Crippen LogP contribution in [0.3, 0.4) is 0 Å². The van der Waals surface area contributed by atoms with Crippen molar-refractivity contribution in [3.05, 3.63) is 80.5 Å². The molecule has 3 aromatic rings. The number of nitrogens with zero attached hydrogens (tertiary/aromatic N) is 2. The Morgan fingerprint density at radius 2 is 1.75 bits per heavy atom. The van der Waals surface area contributed by atoms with Gasteiger partial charge in [0.05, 0.1) is 10.9 Å². The lowest BCUT2D eigenvalue weighted by atomic mass is 10.0. The monoisotopic (exact) mass is 379 g/mol. The van der Waals surface area contributed by atoms with Gasteiger partial charge in [-0.1, -0.05) is 50.2 Å².